The van der Waals surface area contributed by atoms with E-state index < -0.39 is 0 Å². The van der Waals surface area contributed by atoms with Crippen molar-refractivity contribution < 1.29 is 0 Å². The van der Waals surface area contributed by atoms with Crippen molar-refractivity contribution in [3.63, 3.8) is 0 Å². The molecule has 0 bridgehead atoms. The predicted molar refractivity (Wildman–Crippen MR) is 68.7 cm³/mol. The van der Waals surface area contributed by atoms with E-state index in [-0.39, 0.29) is 5.54 Å². The maximum absolute atomic E-state index is 4.41. The molecule has 1 aromatic rings. The zero-order valence-corrected chi connectivity index (χ0v) is 11.2. The molecule has 0 aliphatic heterocycles. The molecule has 1 heterocycles. The molecule has 0 spiro atoms. The van der Waals surface area contributed by atoms with Gasteiger partial charge in [0, 0.05) is 18.3 Å². The highest BCUT2D eigenvalue weighted by Crippen LogP contribution is 2.14. The number of aromatic nitrogens is 2. The van der Waals surface area contributed by atoms with Gasteiger partial charge in [-0.25, -0.2) is 0 Å². The Morgan fingerprint density at radius 3 is 2.56 bits per heavy atom. The first-order chi connectivity index (χ1) is 7.42. The van der Waals surface area contributed by atoms with E-state index in [2.05, 4.69) is 55.9 Å². The molecule has 0 radical (unpaired) electrons. The first-order valence-electron chi connectivity index (χ1n) is 6.18. The smallest absolute Gasteiger partial charge is 0.0643 e. The van der Waals surface area contributed by atoms with Crippen LogP contribution in [0.25, 0.3) is 0 Å². The Morgan fingerprint density at radius 1 is 1.44 bits per heavy atom. The van der Waals surface area contributed by atoms with Crippen LogP contribution in [0.15, 0.2) is 12.4 Å². The Balaban J connectivity index is 2.61. The summed E-state index contributed by atoms with van der Waals surface area (Å²) >= 11 is 0. The van der Waals surface area contributed by atoms with E-state index in [1.54, 1.807) is 0 Å². The van der Waals surface area contributed by atoms with Crippen LogP contribution in [0.5, 0.6) is 0 Å². The minimum atomic E-state index is 0.175. The lowest BCUT2D eigenvalue weighted by Crippen LogP contribution is -2.39. The Hall–Kier alpha value is -0.830. The van der Waals surface area contributed by atoms with Crippen molar-refractivity contribution in [1.82, 2.24) is 15.1 Å². The lowest BCUT2D eigenvalue weighted by atomic mass is 10.1. The summed E-state index contributed by atoms with van der Waals surface area (Å²) < 4.78 is 2.09. The van der Waals surface area contributed by atoms with Crippen molar-refractivity contribution in [2.24, 2.45) is 0 Å². The molecule has 0 aliphatic rings. The molecule has 0 amide bonds. The fraction of sp³-hybridized carbons (Fsp3) is 0.769. The zero-order chi connectivity index (χ0) is 12.2. The molecule has 0 saturated heterocycles. The van der Waals surface area contributed by atoms with Gasteiger partial charge >= 0.3 is 0 Å². The Bertz CT molecular complexity index is 309. The van der Waals surface area contributed by atoms with Gasteiger partial charge in [0.25, 0.3) is 0 Å². The fourth-order valence-electron chi connectivity index (χ4n) is 1.72. The molecule has 0 aliphatic carbocycles. The van der Waals surface area contributed by atoms with Crippen LogP contribution >= 0.6 is 0 Å². The third-order valence-electron chi connectivity index (χ3n) is 2.59. The molecular weight excluding hydrogens is 198 g/mol. The zero-order valence-electron chi connectivity index (χ0n) is 11.2. The standard InChI is InChI=1S/C13H25N3/c1-6-7-12(9-14-13(3,4)5)16-10-11(2)8-15-16/h8,10,12,14H,6-7,9H2,1-5H3. The SMILES string of the molecule is CCCC(CNC(C)(C)C)n1cc(C)cn1. The van der Waals surface area contributed by atoms with Crippen molar-refractivity contribution in [3.05, 3.63) is 18.0 Å². The minimum absolute atomic E-state index is 0.175. The lowest BCUT2D eigenvalue weighted by Gasteiger charge is -2.25. The Kier molecular flexibility index (Phi) is 4.54. The largest absolute Gasteiger partial charge is 0.310 e. The van der Waals surface area contributed by atoms with Gasteiger partial charge in [-0.2, -0.15) is 5.10 Å². The monoisotopic (exact) mass is 223 g/mol. The highest BCUT2D eigenvalue weighted by atomic mass is 15.3. The topological polar surface area (TPSA) is 29.9 Å². The van der Waals surface area contributed by atoms with E-state index in [4.69, 9.17) is 0 Å². The van der Waals surface area contributed by atoms with E-state index in [1.807, 2.05) is 6.20 Å². The summed E-state index contributed by atoms with van der Waals surface area (Å²) in [5, 5.41) is 7.97. The lowest BCUT2D eigenvalue weighted by molar-refractivity contribution is 0.336. The molecule has 1 unspecified atom stereocenters. The van der Waals surface area contributed by atoms with Crippen LogP contribution in [-0.2, 0) is 0 Å². The maximum atomic E-state index is 4.41. The van der Waals surface area contributed by atoms with Crippen molar-refractivity contribution in [2.75, 3.05) is 6.54 Å². The second-order valence-electron chi connectivity index (χ2n) is 5.57. The average Bonchev–Trinajstić information content (AvgIpc) is 2.57. The molecule has 1 aromatic heterocycles. The molecule has 0 aromatic carbocycles. The second kappa shape index (κ2) is 5.48. The normalized spacial score (nSPS) is 14.1. The summed E-state index contributed by atoms with van der Waals surface area (Å²) in [4.78, 5) is 0. The summed E-state index contributed by atoms with van der Waals surface area (Å²) in [6, 6.07) is 0.470. The number of nitrogens with one attached hydrogen (secondary N) is 1. The first-order valence-corrected chi connectivity index (χ1v) is 6.18. The van der Waals surface area contributed by atoms with Crippen molar-refractivity contribution >= 4 is 0 Å². The maximum Gasteiger partial charge on any atom is 0.0643 e. The Morgan fingerprint density at radius 2 is 2.12 bits per heavy atom. The van der Waals surface area contributed by atoms with Crippen molar-refractivity contribution in [3.8, 4) is 0 Å². The number of nitrogens with zero attached hydrogens (tertiary/aromatic N) is 2. The molecule has 0 fully saturated rings. The van der Waals surface area contributed by atoms with Gasteiger partial charge in [-0.3, -0.25) is 4.68 Å². The van der Waals surface area contributed by atoms with Crippen LogP contribution in [0.4, 0.5) is 0 Å². The number of hydrogen-bond donors (Lipinski definition) is 1. The number of rotatable bonds is 5. The third kappa shape index (κ3) is 4.35. The summed E-state index contributed by atoms with van der Waals surface area (Å²) in [7, 11) is 0. The van der Waals surface area contributed by atoms with Gasteiger partial charge in [0.1, 0.15) is 0 Å². The number of hydrogen-bond acceptors (Lipinski definition) is 2. The van der Waals surface area contributed by atoms with Gasteiger partial charge in [-0.1, -0.05) is 13.3 Å². The first kappa shape index (κ1) is 13.2. The summed E-state index contributed by atoms with van der Waals surface area (Å²) in [6.45, 7) is 11.9. The van der Waals surface area contributed by atoms with E-state index in [9.17, 15) is 0 Å². The quantitative estimate of drug-likeness (QED) is 0.832. The van der Waals surface area contributed by atoms with Crippen LogP contribution < -0.4 is 5.32 Å². The van der Waals surface area contributed by atoms with E-state index in [1.165, 1.54) is 18.4 Å². The molecule has 3 nitrogen and oxygen atoms in total. The molecule has 3 heteroatoms. The Labute approximate surface area is 99.2 Å². The summed E-state index contributed by atoms with van der Waals surface area (Å²) in [5.41, 5.74) is 1.41. The number of aryl methyl sites for hydroxylation is 1. The van der Waals surface area contributed by atoms with Gasteiger partial charge < -0.3 is 5.32 Å². The van der Waals surface area contributed by atoms with E-state index in [0.717, 1.165) is 6.54 Å². The third-order valence-corrected chi connectivity index (χ3v) is 2.59. The molecular formula is C13H25N3. The highest BCUT2D eigenvalue weighted by Gasteiger charge is 2.15. The second-order valence-corrected chi connectivity index (χ2v) is 5.57. The van der Waals surface area contributed by atoms with E-state index >= 15 is 0 Å². The molecule has 92 valence electrons. The fourth-order valence-corrected chi connectivity index (χ4v) is 1.72. The molecule has 16 heavy (non-hydrogen) atoms. The molecule has 1 rings (SSSR count). The van der Waals surface area contributed by atoms with Crippen molar-refractivity contribution in [1.29, 1.82) is 0 Å². The van der Waals surface area contributed by atoms with Crippen molar-refractivity contribution in [2.45, 2.75) is 59.0 Å². The van der Waals surface area contributed by atoms with Crippen LogP contribution in [-0.4, -0.2) is 21.9 Å². The van der Waals surface area contributed by atoms with Gasteiger partial charge in [0.2, 0.25) is 0 Å². The van der Waals surface area contributed by atoms with Gasteiger partial charge in [0.05, 0.1) is 12.2 Å². The molecule has 1 N–H and O–H groups in total. The minimum Gasteiger partial charge on any atom is -0.310 e. The van der Waals surface area contributed by atoms with Crippen LogP contribution in [0.2, 0.25) is 0 Å². The predicted octanol–water partition coefficient (Wildman–Crippen LogP) is 2.92. The molecule has 0 saturated carbocycles. The summed E-state index contributed by atoms with van der Waals surface area (Å²) in [6.07, 6.45) is 6.42. The summed E-state index contributed by atoms with van der Waals surface area (Å²) in [5.74, 6) is 0. The average molecular weight is 223 g/mol. The van der Waals surface area contributed by atoms with Crippen LogP contribution in [0.3, 0.4) is 0 Å². The van der Waals surface area contributed by atoms with Gasteiger partial charge in [-0.05, 0) is 39.7 Å². The van der Waals surface area contributed by atoms with E-state index in [0.29, 0.717) is 6.04 Å². The molecule has 1 atom stereocenters. The van der Waals surface area contributed by atoms with Crippen LogP contribution in [0.1, 0.15) is 52.1 Å². The highest BCUT2D eigenvalue weighted by molar-refractivity contribution is 5.00. The van der Waals surface area contributed by atoms with Crippen LogP contribution in [0, 0.1) is 6.92 Å². The van der Waals surface area contributed by atoms with Gasteiger partial charge in [0.15, 0.2) is 0 Å². The van der Waals surface area contributed by atoms with Gasteiger partial charge in [-0.15, -0.1) is 0 Å².